The van der Waals surface area contributed by atoms with E-state index in [2.05, 4.69) is 36.4 Å². The molecule has 7 heteroatoms. The molecule has 1 rings (SSSR count). The zero-order valence-corrected chi connectivity index (χ0v) is 15.1. The molecule has 1 aliphatic rings. The van der Waals surface area contributed by atoms with Gasteiger partial charge in [-0.2, -0.15) is 0 Å². The lowest BCUT2D eigenvalue weighted by Crippen LogP contribution is -2.54. The van der Waals surface area contributed by atoms with Crippen LogP contribution in [-0.2, 0) is 4.74 Å². The predicted molar refractivity (Wildman–Crippen MR) is 86.8 cm³/mol. The molecule has 0 spiro atoms. The third-order valence-electron chi connectivity index (χ3n) is 4.12. The van der Waals surface area contributed by atoms with Crippen LogP contribution in [0.5, 0.6) is 0 Å². The monoisotopic (exact) mass is 335 g/mol. The number of nitrogens with one attached hydrogen (secondary N) is 2. The van der Waals surface area contributed by atoms with Crippen molar-refractivity contribution in [2.24, 2.45) is 5.92 Å². The van der Waals surface area contributed by atoms with Gasteiger partial charge >= 0.3 is 6.09 Å². The first kappa shape index (κ1) is 20.1. The van der Waals surface area contributed by atoms with Crippen LogP contribution in [0.2, 0.25) is 0 Å². The Bertz CT molecular complexity index is 399. The summed E-state index contributed by atoms with van der Waals surface area (Å²) in [6.07, 6.45) is 0.0196. The standard InChI is InChI=1S/C16H31F2N3O2/c1-11-8-21(6)12(2)7-13(11)19-9-16(17,18)10-20-14(22)23-15(3,4)5/h11-13,19H,7-10H2,1-6H3,(H,20,22). The molecule has 0 aromatic rings. The number of hydrogen-bond acceptors (Lipinski definition) is 4. The lowest BCUT2D eigenvalue weighted by atomic mass is 9.90. The van der Waals surface area contributed by atoms with Gasteiger partial charge in [-0.3, -0.25) is 0 Å². The SMILES string of the molecule is CC1CN(C)C(C)CC1NCC(F)(F)CNC(=O)OC(C)(C)C. The number of ether oxygens (including phenoxy) is 1. The molecule has 0 aromatic heterocycles. The Labute approximate surface area is 138 Å². The Morgan fingerprint density at radius 1 is 1.26 bits per heavy atom. The molecular weight excluding hydrogens is 304 g/mol. The van der Waals surface area contributed by atoms with E-state index in [4.69, 9.17) is 4.74 Å². The highest BCUT2D eigenvalue weighted by Crippen LogP contribution is 2.22. The summed E-state index contributed by atoms with van der Waals surface area (Å²) in [5, 5.41) is 5.10. The number of hydrogen-bond donors (Lipinski definition) is 2. The number of amides is 1. The maximum absolute atomic E-state index is 13.9. The van der Waals surface area contributed by atoms with Gasteiger partial charge in [0.15, 0.2) is 0 Å². The molecule has 1 heterocycles. The molecule has 136 valence electrons. The molecular formula is C16H31F2N3O2. The van der Waals surface area contributed by atoms with Gasteiger partial charge in [0, 0.05) is 18.6 Å². The molecule has 1 saturated heterocycles. The number of piperidine rings is 1. The molecule has 0 radical (unpaired) electrons. The van der Waals surface area contributed by atoms with Gasteiger partial charge in [-0.25, -0.2) is 13.6 Å². The van der Waals surface area contributed by atoms with E-state index in [-0.39, 0.29) is 6.04 Å². The van der Waals surface area contributed by atoms with Gasteiger partial charge in [-0.05, 0) is 47.1 Å². The number of alkyl carbamates (subject to hydrolysis) is 1. The van der Waals surface area contributed by atoms with Crippen LogP contribution in [0.15, 0.2) is 0 Å². The second-order valence-corrected chi connectivity index (χ2v) is 7.70. The quantitative estimate of drug-likeness (QED) is 0.810. The minimum absolute atomic E-state index is 0.0635. The average molecular weight is 335 g/mol. The number of nitrogens with zero attached hydrogens (tertiary/aromatic N) is 1. The molecule has 1 aliphatic heterocycles. The fourth-order valence-electron chi connectivity index (χ4n) is 2.68. The van der Waals surface area contributed by atoms with Gasteiger partial charge < -0.3 is 20.3 Å². The Balaban J connectivity index is 2.39. The van der Waals surface area contributed by atoms with Crippen molar-refractivity contribution in [3.05, 3.63) is 0 Å². The first-order valence-electron chi connectivity index (χ1n) is 8.18. The lowest BCUT2D eigenvalue weighted by Gasteiger charge is -2.40. The largest absolute Gasteiger partial charge is 0.444 e. The second-order valence-electron chi connectivity index (χ2n) is 7.70. The topological polar surface area (TPSA) is 53.6 Å². The van der Waals surface area contributed by atoms with Crippen LogP contribution in [0.25, 0.3) is 0 Å². The maximum atomic E-state index is 13.9. The van der Waals surface area contributed by atoms with E-state index >= 15 is 0 Å². The average Bonchev–Trinajstić information content (AvgIpc) is 2.37. The zero-order chi connectivity index (χ0) is 17.8. The molecule has 0 saturated carbocycles. The van der Waals surface area contributed by atoms with Gasteiger partial charge in [0.1, 0.15) is 5.60 Å². The molecule has 0 bridgehead atoms. The van der Waals surface area contributed by atoms with E-state index in [1.54, 1.807) is 20.8 Å². The van der Waals surface area contributed by atoms with Crippen LogP contribution in [0.4, 0.5) is 13.6 Å². The number of halogens is 2. The van der Waals surface area contributed by atoms with E-state index in [0.29, 0.717) is 12.0 Å². The summed E-state index contributed by atoms with van der Waals surface area (Å²) in [6, 6.07) is 0.436. The van der Waals surface area contributed by atoms with E-state index in [0.717, 1.165) is 13.0 Å². The number of alkyl halides is 2. The summed E-state index contributed by atoms with van der Waals surface area (Å²) in [6.45, 7) is 8.94. The van der Waals surface area contributed by atoms with E-state index < -0.39 is 30.7 Å². The van der Waals surface area contributed by atoms with E-state index in [1.165, 1.54) is 0 Å². The summed E-state index contributed by atoms with van der Waals surface area (Å²) in [5.74, 6) is -2.70. The molecule has 1 fully saturated rings. The molecule has 3 atom stereocenters. The lowest BCUT2D eigenvalue weighted by molar-refractivity contribution is -0.0105. The highest BCUT2D eigenvalue weighted by Gasteiger charge is 2.34. The highest BCUT2D eigenvalue weighted by atomic mass is 19.3. The Kier molecular flexibility index (Phi) is 6.77. The minimum atomic E-state index is -3.01. The summed E-state index contributed by atoms with van der Waals surface area (Å²) >= 11 is 0. The van der Waals surface area contributed by atoms with Gasteiger partial charge in [0.25, 0.3) is 5.92 Å². The molecule has 3 unspecified atom stereocenters. The summed E-state index contributed by atoms with van der Waals surface area (Å²) in [7, 11) is 2.05. The normalized spacial score (nSPS) is 26.9. The number of carbonyl (C=O) groups excluding carboxylic acids is 1. The number of likely N-dealkylation sites (tertiary alicyclic amines) is 1. The van der Waals surface area contributed by atoms with Gasteiger partial charge in [-0.15, -0.1) is 0 Å². The van der Waals surface area contributed by atoms with Crippen LogP contribution >= 0.6 is 0 Å². The first-order chi connectivity index (χ1) is 10.4. The molecule has 2 N–H and O–H groups in total. The van der Waals surface area contributed by atoms with Gasteiger partial charge in [0.2, 0.25) is 0 Å². The van der Waals surface area contributed by atoms with E-state index in [9.17, 15) is 13.6 Å². The summed E-state index contributed by atoms with van der Waals surface area (Å²) in [4.78, 5) is 13.7. The Hall–Kier alpha value is -0.950. The van der Waals surface area contributed by atoms with Crippen molar-refractivity contribution in [3.8, 4) is 0 Å². The number of carbonyl (C=O) groups is 1. The molecule has 1 amide bonds. The molecule has 0 aliphatic carbocycles. The van der Waals surface area contributed by atoms with Crippen molar-refractivity contribution in [2.45, 2.75) is 64.6 Å². The first-order valence-corrected chi connectivity index (χ1v) is 8.18. The van der Waals surface area contributed by atoms with Crippen molar-refractivity contribution in [2.75, 3.05) is 26.7 Å². The van der Waals surface area contributed by atoms with Crippen molar-refractivity contribution in [1.29, 1.82) is 0 Å². The van der Waals surface area contributed by atoms with Crippen molar-refractivity contribution in [3.63, 3.8) is 0 Å². The smallest absolute Gasteiger partial charge is 0.407 e. The van der Waals surface area contributed by atoms with Crippen LogP contribution in [-0.4, -0.2) is 61.3 Å². The van der Waals surface area contributed by atoms with Gasteiger partial charge in [-0.1, -0.05) is 6.92 Å². The summed E-state index contributed by atoms with van der Waals surface area (Å²) < 4.78 is 32.8. The molecule has 5 nitrogen and oxygen atoms in total. The van der Waals surface area contributed by atoms with Crippen LogP contribution in [0.3, 0.4) is 0 Å². The fraction of sp³-hybridized carbons (Fsp3) is 0.938. The fourth-order valence-corrected chi connectivity index (χ4v) is 2.68. The minimum Gasteiger partial charge on any atom is -0.444 e. The summed E-state index contributed by atoms with van der Waals surface area (Å²) in [5.41, 5.74) is -0.697. The molecule has 23 heavy (non-hydrogen) atoms. The van der Waals surface area contributed by atoms with Crippen LogP contribution < -0.4 is 10.6 Å². The van der Waals surface area contributed by atoms with Crippen LogP contribution in [0.1, 0.15) is 41.0 Å². The van der Waals surface area contributed by atoms with Crippen molar-refractivity contribution >= 4 is 6.09 Å². The van der Waals surface area contributed by atoms with E-state index in [1.807, 2.05) is 0 Å². The van der Waals surface area contributed by atoms with Gasteiger partial charge in [0.05, 0.1) is 13.1 Å². The number of rotatable bonds is 5. The highest BCUT2D eigenvalue weighted by molar-refractivity contribution is 5.67. The maximum Gasteiger partial charge on any atom is 0.407 e. The Morgan fingerprint density at radius 2 is 1.87 bits per heavy atom. The predicted octanol–water partition coefficient (Wildman–Crippen LogP) is 2.46. The second kappa shape index (κ2) is 7.75. The van der Waals surface area contributed by atoms with Crippen LogP contribution in [0, 0.1) is 5.92 Å². The third kappa shape index (κ3) is 7.44. The Morgan fingerprint density at radius 3 is 2.43 bits per heavy atom. The zero-order valence-electron chi connectivity index (χ0n) is 15.1. The van der Waals surface area contributed by atoms with Crippen molar-refractivity contribution in [1.82, 2.24) is 15.5 Å². The molecule has 0 aromatic carbocycles. The van der Waals surface area contributed by atoms with Crippen molar-refractivity contribution < 1.29 is 18.3 Å². The third-order valence-corrected chi connectivity index (χ3v) is 4.12.